The van der Waals surface area contributed by atoms with E-state index in [9.17, 15) is 4.79 Å². The molecule has 0 aliphatic rings. The fraction of sp³-hybridized carbons (Fsp3) is 0.136. The molecule has 0 aliphatic heterocycles. The third kappa shape index (κ3) is 5.89. The minimum Gasteiger partial charge on any atom is -0.490 e. The quantitative estimate of drug-likeness (QED) is 0.399. The number of nitrogens with zero attached hydrogens (tertiary/aromatic N) is 2. The molecule has 1 N–H and O–H groups in total. The summed E-state index contributed by atoms with van der Waals surface area (Å²) in [5.41, 5.74) is 4.79. The average molecular weight is 454 g/mol. The van der Waals surface area contributed by atoms with Gasteiger partial charge in [-0.15, -0.1) is 0 Å². The highest BCUT2D eigenvalue weighted by Gasteiger charge is 2.11. The Morgan fingerprint density at radius 2 is 1.83 bits per heavy atom. The van der Waals surface area contributed by atoms with Gasteiger partial charge in [0.15, 0.2) is 11.5 Å². The molecule has 1 amide bonds. The van der Waals surface area contributed by atoms with Crippen molar-refractivity contribution < 1.29 is 14.3 Å². The Morgan fingerprint density at radius 3 is 2.55 bits per heavy atom. The first-order valence-electron chi connectivity index (χ1n) is 9.04. The van der Waals surface area contributed by atoms with E-state index >= 15 is 0 Å². The first-order valence-corrected chi connectivity index (χ1v) is 9.83. The molecule has 0 radical (unpaired) electrons. The maximum Gasteiger partial charge on any atom is 0.271 e. The molecule has 7 heteroatoms. The Labute approximate surface area is 177 Å². The number of hydrogen-bond donors (Lipinski definition) is 1. The second-order valence-electron chi connectivity index (χ2n) is 5.96. The highest BCUT2D eigenvalue weighted by molar-refractivity contribution is 9.10. The Morgan fingerprint density at radius 1 is 1.10 bits per heavy atom. The number of nitrogens with one attached hydrogen (secondary N) is 1. The first-order chi connectivity index (χ1) is 14.2. The Balaban J connectivity index is 1.72. The van der Waals surface area contributed by atoms with Crippen LogP contribution in [0.15, 0.2) is 76.6 Å². The van der Waals surface area contributed by atoms with Crippen LogP contribution >= 0.6 is 15.9 Å². The van der Waals surface area contributed by atoms with Gasteiger partial charge in [0.1, 0.15) is 6.61 Å². The Hall–Kier alpha value is -3.19. The third-order valence-electron chi connectivity index (χ3n) is 3.91. The predicted molar refractivity (Wildman–Crippen MR) is 115 cm³/mol. The van der Waals surface area contributed by atoms with Crippen molar-refractivity contribution in [2.24, 2.45) is 5.10 Å². The third-order valence-corrected chi connectivity index (χ3v) is 4.60. The van der Waals surface area contributed by atoms with E-state index in [1.807, 2.05) is 49.4 Å². The smallest absolute Gasteiger partial charge is 0.271 e. The number of ether oxygens (including phenoxy) is 2. The molecule has 3 aromatic rings. The predicted octanol–water partition coefficient (Wildman–Crippen LogP) is 4.59. The molecule has 148 valence electrons. The summed E-state index contributed by atoms with van der Waals surface area (Å²) in [6, 6.07) is 16.8. The van der Waals surface area contributed by atoms with E-state index in [0.717, 1.165) is 15.6 Å². The van der Waals surface area contributed by atoms with Crippen molar-refractivity contribution in [3.8, 4) is 11.5 Å². The van der Waals surface area contributed by atoms with E-state index in [4.69, 9.17) is 9.47 Å². The summed E-state index contributed by atoms with van der Waals surface area (Å²) in [4.78, 5) is 15.9. The lowest BCUT2D eigenvalue weighted by atomic mass is 10.2. The van der Waals surface area contributed by atoms with E-state index in [2.05, 4.69) is 31.4 Å². The average Bonchev–Trinajstić information content (AvgIpc) is 2.76. The summed E-state index contributed by atoms with van der Waals surface area (Å²) in [6.07, 6.45) is 4.65. The first kappa shape index (κ1) is 20.5. The summed E-state index contributed by atoms with van der Waals surface area (Å²) in [6.45, 7) is 2.84. The molecule has 0 saturated heterocycles. The van der Waals surface area contributed by atoms with Gasteiger partial charge in [0, 0.05) is 28.0 Å². The largest absolute Gasteiger partial charge is 0.490 e. The van der Waals surface area contributed by atoms with Crippen LogP contribution in [0.1, 0.15) is 28.4 Å². The Bertz CT molecular complexity index is 979. The molecule has 0 unspecified atom stereocenters. The lowest BCUT2D eigenvalue weighted by Crippen LogP contribution is -2.17. The number of benzene rings is 2. The van der Waals surface area contributed by atoms with Gasteiger partial charge in [-0.1, -0.05) is 30.3 Å². The SMILES string of the molecule is CCOc1cc(/C=N\NC(=O)c2ccncc2)c(Br)cc1OCc1ccccc1. The van der Waals surface area contributed by atoms with Gasteiger partial charge in [-0.05, 0) is 52.7 Å². The van der Waals surface area contributed by atoms with E-state index in [1.165, 1.54) is 0 Å². The molecule has 0 bridgehead atoms. The number of hydrazone groups is 1. The minimum atomic E-state index is -0.312. The number of pyridine rings is 1. The molecular formula is C22H20BrN3O3. The van der Waals surface area contributed by atoms with Gasteiger partial charge in [0.25, 0.3) is 5.91 Å². The van der Waals surface area contributed by atoms with Gasteiger partial charge < -0.3 is 9.47 Å². The Kier molecular flexibility index (Phi) is 7.35. The van der Waals surface area contributed by atoms with Gasteiger partial charge >= 0.3 is 0 Å². The standard InChI is InChI=1S/C22H20BrN3O3/c1-2-28-20-12-18(14-25-26-22(27)17-8-10-24-11-9-17)19(23)13-21(20)29-15-16-6-4-3-5-7-16/h3-14H,2,15H2,1H3,(H,26,27)/b25-14-. The molecule has 0 spiro atoms. The maximum absolute atomic E-state index is 12.1. The summed E-state index contributed by atoms with van der Waals surface area (Å²) >= 11 is 3.52. The van der Waals surface area contributed by atoms with Crippen LogP contribution in [0.4, 0.5) is 0 Å². The molecule has 0 saturated carbocycles. The molecular weight excluding hydrogens is 434 g/mol. The number of aromatic nitrogens is 1. The van der Waals surface area contributed by atoms with Crippen LogP contribution in [0.5, 0.6) is 11.5 Å². The van der Waals surface area contributed by atoms with Crippen LogP contribution < -0.4 is 14.9 Å². The fourth-order valence-electron chi connectivity index (χ4n) is 2.49. The lowest BCUT2D eigenvalue weighted by molar-refractivity contribution is 0.0955. The van der Waals surface area contributed by atoms with E-state index in [1.54, 1.807) is 30.7 Å². The van der Waals surface area contributed by atoms with Crippen LogP contribution in [-0.4, -0.2) is 23.7 Å². The van der Waals surface area contributed by atoms with Crippen molar-refractivity contribution >= 4 is 28.1 Å². The molecule has 0 fully saturated rings. The van der Waals surface area contributed by atoms with Crippen molar-refractivity contribution in [1.82, 2.24) is 10.4 Å². The monoisotopic (exact) mass is 453 g/mol. The molecule has 1 aromatic heterocycles. The number of carbonyl (C=O) groups excluding carboxylic acids is 1. The topological polar surface area (TPSA) is 72.8 Å². The second kappa shape index (κ2) is 10.4. The summed E-state index contributed by atoms with van der Waals surface area (Å²) in [5, 5.41) is 4.03. The highest BCUT2D eigenvalue weighted by atomic mass is 79.9. The zero-order valence-electron chi connectivity index (χ0n) is 15.8. The number of amides is 1. The van der Waals surface area contributed by atoms with Crippen molar-refractivity contribution in [1.29, 1.82) is 0 Å². The normalized spacial score (nSPS) is 10.7. The minimum absolute atomic E-state index is 0.312. The van der Waals surface area contributed by atoms with Gasteiger partial charge in [-0.2, -0.15) is 5.10 Å². The number of halogens is 1. The van der Waals surface area contributed by atoms with Crippen molar-refractivity contribution in [3.63, 3.8) is 0 Å². The molecule has 3 rings (SSSR count). The van der Waals surface area contributed by atoms with Crippen molar-refractivity contribution in [2.45, 2.75) is 13.5 Å². The van der Waals surface area contributed by atoms with E-state index in [-0.39, 0.29) is 5.91 Å². The molecule has 6 nitrogen and oxygen atoms in total. The van der Waals surface area contributed by atoms with E-state index in [0.29, 0.717) is 30.3 Å². The highest BCUT2D eigenvalue weighted by Crippen LogP contribution is 2.33. The zero-order chi connectivity index (χ0) is 20.5. The van der Waals surface area contributed by atoms with Crippen LogP contribution in [0.3, 0.4) is 0 Å². The van der Waals surface area contributed by atoms with Crippen LogP contribution in [0, 0.1) is 0 Å². The molecule has 0 aliphatic carbocycles. The lowest BCUT2D eigenvalue weighted by Gasteiger charge is -2.14. The fourth-order valence-corrected chi connectivity index (χ4v) is 2.92. The zero-order valence-corrected chi connectivity index (χ0v) is 17.4. The summed E-state index contributed by atoms with van der Waals surface area (Å²) in [5.74, 6) is 0.918. The van der Waals surface area contributed by atoms with Crippen LogP contribution in [0.2, 0.25) is 0 Å². The summed E-state index contributed by atoms with van der Waals surface area (Å²) < 4.78 is 12.4. The van der Waals surface area contributed by atoms with Gasteiger partial charge in [-0.3, -0.25) is 9.78 Å². The number of hydrogen-bond acceptors (Lipinski definition) is 5. The molecule has 2 aromatic carbocycles. The molecule has 1 heterocycles. The van der Waals surface area contributed by atoms with Gasteiger partial charge in [0.05, 0.1) is 12.8 Å². The van der Waals surface area contributed by atoms with Crippen LogP contribution in [0.25, 0.3) is 0 Å². The maximum atomic E-state index is 12.1. The van der Waals surface area contributed by atoms with Gasteiger partial charge in [-0.25, -0.2) is 5.43 Å². The molecule has 29 heavy (non-hydrogen) atoms. The number of carbonyl (C=O) groups is 1. The van der Waals surface area contributed by atoms with Crippen molar-refractivity contribution in [3.05, 3.63) is 88.2 Å². The summed E-state index contributed by atoms with van der Waals surface area (Å²) in [7, 11) is 0. The van der Waals surface area contributed by atoms with Crippen molar-refractivity contribution in [2.75, 3.05) is 6.61 Å². The second-order valence-corrected chi connectivity index (χ2v) is 6.82. The van der Waals surface area contributed by atoms with E-state index < -0.39 is 0 Å². The van der Waals surface area contributed by atoms with Gasteiger partial charge in [0.2, 0.25) is 0 Å². The molecule has 0 atom stereocenters. The number of rotatable bonds is 8. The van der Waals surface area contributed by atoms with Crippen LogP contribution in [-0.2, 0) is 6.61 Å².